The molecular formula is C18H19ClN2O2. The summed E-state index contributed by atoms with van der Waals surface area (Å²) in [6.07, 6.45) is 0. The summed E-state index contributed by atoms with van der Waals surface area (Å²) in [5.41, 5.74) is 2.52. The minimum atomic E-state index is -0.297. The number of anilines is 1. The van der Waals surface area contributed by atoms with Crippen molar-refractivity contribution in [2.75, 3.05) is 18.5 Å². The van der Waals surface area contributed by atoms with Gasteiger partial charge in [0.2, 0.25) is 0 Å². The van der Waals surface area contributed by atoms with E-state index < -0.39 is 0 Å². The second-order valence-corrected chi connectivity index (χ2v) is 5.95. The Hall–Kier alpha value is -2.04. The van der Waals surface area contributed by atoms with E-state index >= 15 is 0 Å². The number of carbonyl (C=O) groups is 1. The third-order valence-corrected chi connectivity index (χ3v) is 4.26. The van der Waals surface area contributed by atoms with Crippen LogP contribution in [0.3, 0.4) is 0 Å². The highest BCUT2D eigenvalue weighted by Crippen LogP contribution is 2.28. The third kappa shape index (κ3) is 3.66. The van der Waals surface area contributed by atoms with Gasteiger partial charge in [-0.2, -0.15) is 0 Å². The van der Waals surface area contributed by atoms with Gasteiger partial charge < -0.3 is 15.4 Å². The van der Waals surface area contributed by atoms with Gasteiger partial charge in [0.15, 0.2) is 5.78 Å². The number of nitrogens with one attached hydrogen (secondary N) is 2. The van der Waals surface area contributed by atoms with E-state index in [1.807, 2.05) is 49.4 Å². The van der Waals surface area contributed by atoms with Crippen molar-refractivity contribution < 1.29 is 9.53 Å². The highest BCUT2D eigenvalue weighted by Gasteiger charge is 2.18. The van der Waals surface area contributed by atoms with Crippen LogP contribution in [0.15, 0.2) is 42.5 Å². The van der Waals surface area contributed by atoms with Crippen LogP contribution in [0.1, 0.15) is 22.8 Å². The number of hydrogen-bond acceptors (Lipinski definition) is 4. The molecule has 1 atom stereocenters. The SMILES string of the molecule is CC(NCc1ccccc1Cl)C(=O)c1ccc2c(c1)NCCO2. The van der Waals surface area contributed by atoms with Crippen molar-refractivity contribution in [3.05, 3.63) is 58.6 Å². The number of rotatable bonds is 5. The first-order valence-corrected chi connectivity index (χ1v) is 8.04. The maximum atomic E-state index is 12.6. The summed E-state index contributed by atoms with van der Waals surface area (Å²) in [6.45, 7) is 3.82. The molecule has 1 unspecified atom stereocenters. The lowest BCUT2D eigenvalue weighted by Crippen LogP contribution is -2.33. The molecule has 0 aliphatic carbocycles. The van der Waals surface area contributed by atoms with Crippen molar-refractivity contribution in [2.24, 2.45) is 0 Å². The van der Waals surface area contributed by atoms with E-state index in [0.717, 1.165) is 23.5 Å². The van der Waals surface area contributed by atoms with Crippen LogP contribution in [-0.2, 0) is 6.54 Å². The molecule has 1 heterocycles. The number of carbonyl (C=O) groups excluding carboxylic acids is 1. The fourth-order valence-corrected chi connectivity index (χ4v) is 2.74. The molecule has 5 heteroatoms. The Morgan fingerprint density at radius 3 is 3.00 bits per heavy atom. The fraction of sp³-hybridized carbons (Fsp3) is 0.278. The second-order valence-electron chi connectivity index (χ2n) is 5.54. The molecule has 0 saturated heterocycles. The normalized spacial score (nSPS) is 14.3. The zero-order chi connectivity index (χ0) is 16.2. The summed E-state index contributed by atoms with van der Waals surface area (Å²) in [6, 6.07) is 12.8. The summed E-state index contributed by atoms with van der Waals surface area (Å²) in [4.78, 5) is 12.6. The molecule has 2 aromatic rings. The van der Waals surface area contributed by atoms with Crippen LogP contribution in [0.2, 0.25) is 5.02 Å². The van der Waals surface area contributed by atoms with Crippen LogP contribution in [-0.4, -0.2) is 25.0 Å². The molecule has 3 rings (SSSR count). The van der Waals surface area contributed by atoms with Crippen molar-refractivity contribution in [3.63, 3.8) is 0 Å². The fourth-order valence-electron chi connectivity index (χ4n) is 2.54. The molecule has 2 N–H and O–H groups in total. The van der Waals surface area contributed by atoms with Crippen molar-refractivity contribution in [3.8, 4) is 5.75 Å². The highest BCUT2D eigenvalue weighted by molar-refractivity contribution is 6.31. The van der Waals surface area contributed by atoms with Gasteiger partial charge in [-0.1, -0.05) is 29.8 Å². The predicted octanol–water partition coefficient (Wildman–Crippen LogP) is 3.51. The summed E-state index contributed by atoms with van der Waals surface area (Å²) < 4.78 is 5.53. The average Bonchev–Trinajstić information content (AvgIpc) is 2.59. The van der Waals surface area contributed by atoms with Crippen molar-refractivity contribution in [2.45, 2.75) is 19.5 Å². The molecule has 1 aliphatic heterocycles. The maximum Gasteiger partial charge on any atom is 0.179 e. The Labute approximate surface area is 140 Å². The molecule has 23 heavy (non-hydrogen) atoms. The standard InChI is InChI=1S/C18H19ClN2O2/c1-12(21-11-14-4-2-3-5-15(14)19)18(22)13-6-7-17-16(10-13)20-8-9-23-17/h2-7,10,12,20-21H,8-9,11H2,1H3. The number of halogens is 1. The van der Waals surface area contributed by atoms with E-state index in [1.165, 1.54) is 0 Å². The van der Waals surface area contributed by atoms with Gasteiger partial charge in [0.25, 0.3) is 0 Å². The van der Waals surface area contributed by atoms with Gasteiger partial charge in [-0.15, -0.1) is 0 Å². The van der Waals surface area contributed by atoms with E-state index in [1.54, 1.807) is 0 Å². The lowest BCUT2D eigenvalue weighted by molar-refractivity contribution is 0.0950. The van der Waals surface area contributed by atoms with Crippen LogP contribution in [0.5, 0.6) is 5.75 Å². The molecule has 4 nitrogen and oxygen atoms in total. The Morgan fingerprint density at radius 2 is 2.17 bits per heavy atom. The highest BCUT2D eigenvalue weighted by atomic mass is 35.5. The average molecular weight is 331 g/mol. The van der Waals surface area contributed by atoms with E-state index in [2.05, 4.69) is 10.6 Å². The van der Waals surface area contributed by atoms with Crippen LogP contribution in [0, 0.1) is 0 Å². The number of hydrogen-bond donors (Lipinski definition) is 2. The van der Waals surface area contributed by atoms with Crippen molar-refractivity contribution >= 4 is 23.1 Å². The Balaban J connectivity index is 1.66. The molecular weight excluding hydrogens is 312 g/mol. The Kier molecular flexibility index (Phi) is 4.84. The number of ketones is 1. The minimum absolute atomic E-state index is 0.0484. The topological polar surface area (TPSA) is 50.4 Å². The largest absolute Gasteiger partial charge is 0.490 e. The number of fused-ring (bicyclic) bond motifs is 1. The molecule has 0 bridgehead atoms. The number of benzene rings is 2. The number of Topliss-reactive ketones (excluding diaryl/α,β-unsaturated/α-hetero) is 1. The zero-order valence-electron chi connectivity index (χ0n) is 12.9. The molecule has 0 amide bonds. The lowest BCUT2D eigenvalue weighted by atomic mass is 10.0. The predicted molar refractivity (Wildman–Crippen MR) is 92.5 cm³/mol. The van der Waals surface area contributed by atoms with Gasteiger partial charge in [-0.05, 0) is 36.8 Å². The van der Waals surface area contributed by atoms with Gasteiger partial charge in [0, 0.05) is 23.7 Å². The molecule has 2 aromatic carbocycles. The first kappa shape index (κ1) is 15.8. The van der Waals surface area contributed by atoms with Crippen molar-refractivity contribution in [1.29, 1.82) is 0 Å². The molecule has 0 saturated carbocycles. The van der Waals surface area contributed by atoms with Crippen LogP contribution in [0.4, 0.5) is 5.69 Å². The molecule has 0 radical (unpaired) electrons. The first-order valence-electron chi connectivity index (χ1n) is 7.67. The molecule has 0 aromatic heterocycles. The second kappa shape index (κ2) is 7.02. The molecule has 0 spiro atoms. The number of ether oxygens (including phenoxy) is 1. The van der Waals surface area contributed by atoms with Gasteiger partial charge in [0.1, 0.15) is 12.4 Å². The van der Waals surface area contributed by atoms with Crippen LogP contribution < -0.4 is 15.4 Å². The summed E-state index contributed by atoms with van der Waals surface area (Å²) in [5, 5.41) is 7.18. The van der Waals surface area contributed by atoms with E-state index in [9.17, 15) is 4.79 Å². The monoisotopic (exact) mass is 330 g/mol. The molecule has 0 fully saturated rings. The van der Waals surface area contributed by atoms with E-state index in [0.29, 0.717) is 23.7 Å². The van der Waals surface area contributed by atoms with E-state index in [4.69, 9.17) is 16.3 Å². The minimum Gasteiger partial charge on any atom is -0.490 e. The lowest BCUT2D eigenvalue weighted by Gasteiger charge is -2.20. The zero-order valence-corrected chi connectivity index (χ0v) is 13.7. The Bertz CT molecular complexity index is 718. The van der Waals surface area contributed by atoms with Gasteiger partial charge in [0.05, 0.1) is 11.7 Å². The molecule has 1 aliphatic rings. The first-order chi connectivity index (χ1) is 11.1. The van der Waals surface area contributed by atoms with Gasteiger partial charge >= 0.3 is 0 Å². The quantitative estimate of drug-likeness (QED) is 0.824. The maximum absolute atomic E-state index is 12.6. The summed E-state index contributed by atoms with van der Waals surface area (Å²) >= 11 is 6.14. The van der Waals surface area contributed by atoms with Crippen LogP contribution >= 0.6 is 11.6 Å². The third-order valence-electron chi connectivity index (χ3n) is 3.89. The van der Waals surface area contributed by atoms with Crippen LogP contribution in [0.25, 0.3) is 0 Å². The summed E-state index contributed by atoms with van der Waals surface area (Å²) in [5.74, 6) is 0.844. The van der Waals surface area contributed by atoms with E-state index in [-0.39, 0.29) is 11.8 Å². The Morgan fingerprint density at radius 1 is 1.35 bits per heavy atom. The summed E-state index contributed by atoms with van der Waals surface area (Å²) in [7, 11) is 0. The smallest absolute Gasteiger partial charge is 0.179 e. The van der Waals surface area contributed by atoms with Gasteiger partial charge in [-0.3, -0.25) is 4.79 Å². The molecule has 120 valence electrons. The van der Waals surface area contributed by atoms with Gasteiger partial charge in [-0.25, -0.2) is 0 Å². The van der Waals surface area contributed by atoms with Crippen molar-refractivity contribution in [1.82, 2.24) is 5.32 Å².